The van der Waals surface area contributed by atoms with E-state index in [0.29, 0.717) is 11.4 Å². The topological polar surface area (TPSA) is 110 Å². The molecule has 2 atom stereocenters. The van der Waals surface area contributed by atoms with Crippen LogP contribution in [0, 0.1) is 12.7 Å². The van der Waals surface area contributed by atoms with Crippen LogP contribution in [0.5, 0.6) is 0 Å². The molecule has 1 amide bonds. The van der Waals surface area contributed by atoms with Gasteiger partial charge in [0, 0.05) is 13.0 Å². The number of aliphatic carboxylic acids is 1. The molecule has 10 heteroatoms. The molecule has 1 N–H and O–H groups in total. The Kier molecular flexibility index (Phi) is 5.21. The predicted molar refractivity (Wildman–Crippen MR) is 85.7 cm³/mol. The largest absolute Gasteiger partial charge is 0.479 e. The number of aromatic nitrogens is 4. The van der Waals surface area contributed by atoms with E-state index >= 15 is 0 Å². The lowest BCUT2D eigenvalue weighted by Crippen LogP contribution is -2.51. The standard InChI is InChI=1S/C16H18FN5O4/c1-10-18-19-20-22(10)13(8-11-3-2-4-12(17)7-11)15(23)21-5-6-26-14(9-21)16(24)25/h2-4,7,13-14H,5-6,8-9H2,1H3,(H,24,25)/t13-,14+/m1/s1. The van der Waals surface area contributed by atoms with E-state index in [9.17, 15) is 14.0 Å². The van der Waals surface area contributed by atoms with Crippen LogP contribution in [-0.4, -0.2) is 67.9 Å². The lowest BCUT2D eigenvalue weighted by atomic mass is 10.0. The number of morpholine rings is 1. The number of carboxylic acids is 1. The Bertz CT molecular complexity index is 811. The third kappa shape index (κ3) is 3.85. The SMILES string of the molecule is Cc1nnnn1[C@H](Cc1cccc(F)c1)C(=O)N1CCO[C@H](C(=O)O)C1. The van der Waals surface area contributed by atoms with Gasteiger partial charge in [0.1, 0.15) is 17.7 Å². The second-order valence-electron chi connectivity index (χ2n) is 6.00. The van der Waals surface area contributed by atoms with E-state index in [-0.39, 0.29) is 32.0 Å². The predicted octanol–water partition coefficient (Wildman–Crippen LogP) is 0.216. The Balaban J connectivity index is 1.86. The van der Waals surface area contributed by atoms with Gasteiger partial charge in [0.15, 0.2) is 6.10 Å². The number of ether oxygens (including phenoxy) is 1. The first kappa shape index (κ1) is 17.9. The second kappa shape index (κ2) is 7.56. The maximum atomic E-state index is 13.5. The minimum Gasteiger partial charge on any atom is -0.479 e. The molecule has 2 aromatic rings. The van der Waals surface area contributed by atoms with Gasteiger partial charge in [-0.15, -0.1) is 5.10 Å². The Morgan fingerprint density at radius 1 is 1.46 bits per heavy atom. The summed E-state index contributed by atoms with van der Waals surface area (Å²) in [6.07, 6.45) is -0.894. The molecular weight excluding hydrogens is 345 g/mol. The van der Waals surface area contributed by atoms with E-state index in [2.05, 4.69) is 15.5 Å². The summed E-state index contributed by atoms with van der Waals surface area (Å²) in [6.45, 7) is 1.99. The van der Waals surface area contributed by atoms with Gasteiger partial charge in [-0.25, -0.2) is 13.9 Å². The molecule has 2 heterocycles. The van der Waals surface area contributed by atoms with Gasteiger partial charge < -0.3 is 14.7 Å². The average molecular weight is 363 g/mol. The van der Waals surface area contributed by atoms with Crippen molar-refractivity contribution in [2.24, 2.45) is 0 Å². The fourth-order valence-electron chi connectivity index (χ4n) is 2.90. The maximum Gasteiger partial charge on any atom is 0.334 e. The van der Waals surface area contributed by atoms with Gasteiger partial charge in [-0.3, -0.25) is 4.79 Å². The van der Waals surface area contributed by atoms with Crippen molar-refractivity contribution in [1.82, 2.24) is 25.1 Å². The van der Waals surface area contributed by atoms with Gasteiger partial charge in [0.25, 0.3) is 0 Å². The molecule has 1 aromatic heterocycles. The number of benzene rings is 1. The number of rotatable bonds is 5. The molecule has 138 valence electrons. The van der Waals surface area contributed by atoms with E-state index in [1.807, 2.05) is 0 Å². The number of halogens is 1. The number of carbonyl (C=O) groups excluding carboxylic acids is 1. The molecule has 0 saturated carbocycles. The zero-order valence-corrected chi connectivity index (χ0v) is 14.1. The van der Waals surface area contributed by atoms with Gasteiger partial charge >= 0.3 is 5.97 Å². The molecule has 1 aromatic carbocycles. The number of carbonyl (C=O) groups is 2. The maximum absolute atomic E-state index is 13.5. The average Bonchev–Trinajstić information content (AvgIpc) is 3.05. The molecule has 1 aliphatic heterocycles. The van der Waals surface area contributed by atoms with Crippen molar-refractivity contribution in [2.75, 3.05) is 19.7 Å². The summed E-state index contributed by atoms with van der Waals surface area (Å²) in [5.41, 5.74) is 0.612. The van der Waals surface area contributed by atoms with Gasteiger partial charge in [-0.1, -0.05) is 12.1 Å². The van der Waals surface area contributed by atoms with Crippen LogP contribution < -0.4 is 0 Å². The van der Waals surface area contributed by atoms with Crippen LogP contribution in [0.15, 0.2) is 24.3 Å². The molecule has 1 fully saturated rings. The number of aryl methyl sites for hydroxylation is 1. The third-order valence-electron chi connectivity index (χ3n) is 4.21. The highest BCUT2D eigenvalue weighted by Gasteiger charge is 2.34. The van der Waals surface area contributed by atoms with E-state index in [1.165, 1.54) is 21.7 Å². The summed E-state index contributed by atoms with van der Waals surface area (Å²) in [7, 11) is 0. The fourth-order valence-corrected chi connectivity index (χ4v) is 2.90. The van der Waals surface area contributed by atoms with E-state index in [1.54, 1.807) is 19.1 Å². The third-order valence-corrected chi connectivity index (χ3v) is 4.21. The second-order valence-corrected chi connectivity index (χ2v) is 6.00. The first-order chi connectivity index (χ1) is 12.5. The van der Waals surface area contributed by atoms with Crippen LogP contribution in [0.2, 0.25) is 0 Å². The molecule has 3 rings (SSSR count). The molecule has 9 nitrogen and oxygen atoms in total. The minimum absolute atomic E-state index is 0.0605. The Morgan fingerprint density at radius 2 is 2.27 bits per heavy atom. The summed E-state index contributed by atoms with van der Waals surface area (Å²) in [5.74, 6) is -1.43. The van der Waals surface area contributed by atoms with Gasteiger partial charge in [0.05, 0.1) is 13.2 Å². The lowest BCUT2D eigenvalue weighted by molar-refractivity contribution is -0.160. The molecule has 0 radical (unpaired) electrons. The highest BCUT2D eigenvalue weighted by atomic mass is 19.1. The highest BCUT2D eigenvalue weighted by Crippen LogP contribution is 2.20. The smallest absolute Gasteiger partial charge is 0.334 e. The summed E-state index contributed by atoms with van der Waals surface area (Å²) in [4.78, 5) is 25.7. The van der Waals surface area contributed by atoms with Crippen molar-refractivity contribution in [1.29, 1.82) is 0 Å². The van der Waals surface area contributed by atoms with Crippen molar-refractivity contribution in [3.05, 3.63) is 41.5 Å². The molecule has 0 spiro atoms. The quantitative estimate of drug-likeness (QED) is 0.809. The summed E-state index contributed by atoms with van der Waals surface area (Å²) in [6, 6.07) is 5.14. The normalized spacial score (nSPS) is 18.5. The summed E-state index contributed by atoms with van der Waals surface area (Å²) >= 11 is 0. The number of tetrazole rings is 1. The van der Waals surface area contributed by atoms with E-state index in [0.717, 1.165) is 0 Å². The first-order valence-corrected chi connectivity index (χ1v) is 8.08. The molecule has 1 saturated heterocycles. The Labute approximate surface area is 148 Å². The van der Waals surface area contributed by atoms with Crippen LogP contribution >= 0.6 is 0 Å². The molecule has 0 bridgehead atoms. The van der Waals surface area contributed by atoms with Crippen molar-refractivity contribution >= 4 is 11.9 Å². The number of hydrogen-bond acceptors (Lipinski definition) is 6. The van der Waals surface area contributed by atoms with Crippen LogP contribution in [0.25, 0.3) is 0 Å². The first-order valence-electron chi connectivity index (χ1n) is 8.08. The van der Waals surface area contributed by atoms with Crippen molar-refractivity contribution in [3.63, 3.8) is 0 Å². The van der Waals surface area contributed by atoms with Crippen molar-refractivity contribution < 1.29 is 23.8 Å². The van der Waals surface area contributed by atoms with E-state index < -0.39 is 23.9 Å². The van der Waals surface area contributed by atoms with Gasteiger partial charge in [-0.2, -0.15) is 0 Å². The van der Waals surface area contributed by atoms with Crippen LogP contribution in [0.4, 0.5) is 4.39 Å². The molecule has 26 heavy (non-hydrogen) atoms. The lowest BCUT2D eigenvalue weighted by Gasteiger charge is -2.33. The molecule has 1 aliphatic rings. The number of hydrogen-bond donors (Lipinski definition) is 1. The zero-order chi connectivity index (χ0) is 18.7. The van der Waals surface area contributed by atoms with Gasteiger partial charge in [-0.05, 0) is 35.0 Å². The van der Waals surface area contributed by atoms with Crippen molar-refractivity contribution in [2.45, 2.75) is 25.5 Å². The minimum atomic E-state index is -1.12. The number of nitrogens with zero attached hydrogens (tertiary/aromatic N) is 5. The molecular formula is C16H18FN5O4. The zero-order valence-electron chi connectivity index (χ0n) is 14.1. The molecule has 0 aliphatic carbocycles. The van der Waals surface area contributed by atoms with Crippen molar-refractivity contribution in [3.8, 4) is 0 Å². The number of carboxylic acid groups (broad SMARTS) is 1. The highest BCUT2D eigenvalue weighted by molar-refractivity contribution is 5.82. The van der Waals surface area contributed by atoms with Crippen LogP contribution in [0.3, 0.4) is 0 Å². The van der Waals surface area contributed by atoms with Crippen LogP contribution in [-0.2, 0) is 20.7 Å². The molecule has 0 unspecified atom stereocenters. The van der Waals surface area contributed by atoms with Gasteiger partial charge in [0.2, 0.25) is 5.91 Å². The number of amides is 1. The Hall–Kier alpha value is -2.88. The fraction of sp³-hybridized carbons (Fsp3) is 0.438. The monoisotopic (exact) mass is 363 g/mol. The summed E-state index contributed by atoms with van der Waals surface area (Å²) in [5, 5.41) is 20.4. The Morgan fingerprint density at radius 3 is 2.92 bits per heavy atom. The van der Waals surface area contributed by atoms with Crippen LogP contribution in [0.1, 0.15) is 17.4 Å². The summed E-state index contributed by atoms with van der Waals surface area (Å²) < 4.78 is 20.0. The van der Waals surface area contributed by atoms with E-state index in [4.69, 9.17) is 9.84 Å².